The Hall–Kier alpha value is -3.55. The Labute approximate surface area is 171 Å². The minimum absolute atomic E-state index is 0.0514. The van der Waals surface area contributed by atoms with Crippen LogP contribution in [-0.2, 0) is 6.54 Å². The van der Waals surface area contributed by atoms with Gasteiger partial charge in [-0.3, -0.25) is 14.2 Å². The van der Waals surface area contributed by atoms with Crippen LogP contribution in [0.1, 0.15) is 34.5 Å². The molecule has 2 aromatic carbocycles. The van der Waals surface area contributed by atoms with Crippen molar-refractivity contribution < 1.29 is 9.18 Å². The molecule has 0 aliphatic heterocycles. The number of aryl methyl sites for hydroxylation is 1. The van der Waals surface area contributed by atoms with Crippen LogP contribution in [0.5, 0.6) is 0 Å². The van der Waals surface area contributed by atoms with E-state index in [9.17, 15) is 18.8 Å². The summed E-state index contributed by atoms with van der Waals surface area (Å²) in [6.45, 7) is 2.25. The van der Waals surface area contributed by atoms with Gasteiger partial charge in [0.15, 0.2) is 0 Å². The quantitative estimate of drug-likeness (QED) is 0.676. The number of benzene rings is 2. The standard InChI is InChI=1S/C22H21FN4O3/c1-14-6-2-3-7-16(14)13-26-21(29)19(20(28)24-12-15-10-11-15)25-27(22(26)30)18-9-5-4-8-17(18)23/h2-9,15H,10-13H2,1H3,(H,24,28). The van der Waals surface area contributed by atoms with Crippen LogP contribution < -0.4 is 16.6 Å². The fraction of sp³-hybridized carbons (Fsp3) is 0.273. The number of para-hydroxylation sites is 1. The number of amides is 1. The number of nitrogens with zero attached hydrogens (tertiary/aromatic N) is 3. The molecule has 1 aliphatic carbocycles. The van der Waals surface area contributed by atoms with E-state index in [1.165, 1.54) is 18.2 Å². The van der Waals surface area contributed by atoms with Crippen molar-refractivity contribution in [3.63, 3.8) is 0 Å². The molecular weight excluding hydrogens is 387 g/mol. The van der Waals surface area contributed by atoms with E-state index in [2.05, 4.69) is 10.4 Å². The molecule has 30 heavy (non-hydrogen) atoms. The van der Waals surface area contributed by atoms with Gasteiger partial charge in [0.05, 0.1) is 6.54 Å². The van der Waals surface area contributed by atoms with E-state index in [0.29, 0.717) is 12.5 Å². The first-order chi connectivity index (χ1) is 14.5. The van der Waals surface area contributed by atoms with E-state index in [1.54, 1.807) is 18.2 Å². The van der Waals surface area contributed by atoms with E-state index >= 15 is 0 Å². The minimum atomic E-state index is -0.813. The summed E-state index contributed by atoms with van der Waals surface area (Å²) in [6.07, 6.45) is 2.06. The summed E-state index contributed by atoms with van der Waals surface area (Å²) >= 11 is 0. The number of hydrogen-bond donors (Lipinski definition) is 1. The van der Waals surface area contributed by atoms with Crippen molar-refractivity contribution in [2.45, 2.75) is 26.3 Å². The molecule has 0 spiro atoms. The van der Waals surface area contributed by atoms with Gasteiger partial charge in [-0.2, -0.15) is 9.78 Å². The summed E-state index contributed by atoms with van der Waals surface area (Å²) in [7, 11) is 0. The van der Waals surface area contributed by atoms with Gasteiger partial charge in [-0.25, -0.2) is 9.18 Å². The summed E-state index contributed by atoms with van der Waals surface area (Å²) in [5.41, 5.74) is -0.550. The zero-order chi connectivity index (χ0) is 21.3. The van der Waals surface area contributed by atoms with Crippen molar-refractivity contribution in [2.75, 3.05) is 6.54 Å². The summed E-state index contributed by atoms with van der Waals surface area (Å²) in [6, 6.07) is 12.9. The topological polar surface area (TPSA) is 86.0 Å². The number of carbonyl (C=O) groups is 1. The molecule has 1 saturated carbocycles. The lowest BCUT2D eigenvalue weighted by molar-refractivity contribution is 0.0942. The second kappa shape index (κ2) is 8.06. The van der Waals surface area contributed by atoms with E-state index in [-0.39, 0.29) is 12.2 Å². The molecule has 0 unspecified atom stereocenters. The average Bonchev–Trinajstić information content (AvgIpc) is 3.56. The fourth-order valence-corrected chi connectivity index (χ4v) is 3.18. The number of aromatic nitrogens is 3. The monoisotopic (exact) mass is 408 g/mol. The van der Waals surface area contributed by atoms with E-state index in [0.717, 1.165) is 33.2 Å². The third kappa shape index (κ3) is 3.94. The number of hydrogen-bond acceptors (Lipinski definition) is 4. The Morgan fingerprint density at radius 2 is 1.83 bits per heavy atom. The lowest BCUT2D eigenvalue weighted by Crippen LogP contribution is -2.46. The molecule has 8 heteroatoms. The van der Waals surface area contributed by atoms with Crippen LogP contribution in [0.25, 0.3) is 5.69 Å². The summed E-state index contributed by atoms with van der Waals surface area (Å²) in [5.74, 6) is -0.950. The molecular formula is C22H21FN4O3. The summed E-state index contributed by atoms with van der Waals surface area (Å²) in [4.78, 5) is 38.7. The Morgan fingerprint density at radius 1 is 1.13 bits per heavy atom. The number of nitrogens with one attached hydrogen (secondary N) is 1. The normalized spacial score (nSPS) is 13.3. The van der Waals surface area contributed by atoms with Crippen molar-refractivity contribution in [1.82, 2.24) is 19.7 Å². The predicted molar refractivity (Wildman–Crippen MR) is 109 cm³/mol. The second-order valence-electron chi connectivity index (χ2n) is 7.47. The van der Waals surface area contributed by atoms with Gasteiger partial charge in [-0.1, -0.05) is 36.4 Å². The Bertz CT molecular complexity index is 1230. The maximum absolute atomic E-state index is 14.4. The van der Waals surface area contributed by atoms with Crippen LogP contribution in [0, 0.1) is 18.7 Å². The SMILES string of the molecule is Cc1ccccc1Cn1c(=O)c(C(=O)NCC2CC2)nn(-c2ccccc2F)c1=O. The highest BCUT2D eigenvalue weighted by Gasteiger charge is 2.25. The van der Waals surface area contributed by atoms with Gasteiger partial charge >= 0.3 is 5.69 Å². The van der Waals surface area contributed by atoms with E-state index in [4.69, 9.17) is 0 Å². The van der Waals surface area contributed by atoms with Gasteiger partial charge < -0.3 is 5.32 Å². The predicted octanol–water partition coefficient (Wildman–Crippen LogP) is 2.03. The Morgan fingerprint density at radius 3 is 2.53 bits per heavy atom. The zero-order valence-corrected chi connectivity index (χ0v) is 16.5. The lowest BCUT2D eigenvalue weighted by Gasteiger charge is -2.13. The number of rotatable bonds is 6. The van der Waals surface area contributed by atoms with Gasteiger partial charge in [0.25, 0.3) is 11.5 Å². The fourth-order valence-electron chi connectivity index (χ4n) is 3.18. The molecule has 1 aromatic heterocycles. The van der Waals surface area contributed by atoms with Crippen LogP contribution in [0.4, 0.5) is 4.39 Å². The maximum atomic E-state index is 14.4. The van der Waals surface area contributed by atoms with Crippen molar-refractivity contribution in [1.29, 1.82) is 0 Å². The van der Waals surface area contributed by atoms with Crippen LogP contribution in [0.15, 0.2) is 58.1 Å². The summed E-state index contributed by atoms with van der Waals surface area (Å²) in [5, 5.41) is 6.64. The van der Waals surface area contributed by atoms with Gasteiger partial charge in [-0.15, -0.1) is 0 Å². The minimum Gasteiger partial charge on any atom is -0.350 e. The van der Waals surface area contributed by atoms with Crippen LogP contribution >= 0.6 is 0 Å². The van der Waals surface area contributed by atoms with Gasteiger partial charge in [0, 0.05) is 6.54 Å². The molecule has 0 bridgehead atoms. The highest BCUT2D eigenvalue weighted by molar-refractivity contribution is 5.91. The molecule has 0 saturated heterocycles. The molecule has 1 fully saturated rings. The highest BCUT2D eigenvalue weighted by Crippen LogP contribution is 2.27. The van der Waals surface area contributed by atoms with Crippen LogP contribution in [0.3, 0.4) is 0 Å². The number of halogens is 1. The molecule has 7 nitrogen and oxygen atoms in total. The van der Waals surface area contributed by atoms with Gasteiger partial charge in [0.1, 0.15) is 11.5 Å². The molecule has 0 atom stereocenters. The zero-order valence-electron chi connectivity index (χ0n) is 16.5. The van der Waals surface area contributed by atoms with Crippen molar-refractivity contribution in [3.8, 4) is 5.69 Å². The van der Waals surface area contributed by atoms with Crippen LogP contribution in [0.2, 0.25) is 0 Å². The molecule has 1 aliphatic rings. The molecule has 154 valence electrons. The molecule has 1 heterocycles. The van der Waals surface area contributed by atoms with Crippen molar-refractivity contribution in [3.05, 3.63) is 92.0 Å². The first-order valence-corrected chi connectivity index (χ1v) is 9.77. The Kier molecular flexibility index (Phi) is 5.31. The second-order valence-corrected chi connectivity index (χ2v) is 7.47. The molecule has 1 N–H and O–H groups in total. The van der Waals surface area contributed by atoms with Crippen molar-refractivity contribution in [2.24, 2.45) is 5.92 Å². The smallest absolute Gasteiger partial charge is 0.350 e. The molecule has 3 aromatic rings. The Balaban J connectivity index is 1.86. The first-order valence-electron chi connectivity index (χ1n) is 9.77. The highest BCUT2D eigenvalue weighted by atomic mass is 19.1. The first kappa shape index (κ1) is 19.8. The third-order valence-corrected chi connectivity index (χ3v) is 5.19. The third-order valence-electron chi connectivity index (χ3n) is 5.19. The van der Waals surface area contributed by atoms with Crippen molar-refractivity contribution >= 4 is 5.91 Å². The largest absolute Gasteiger partial charge is 0.352 e. The van der Waals surface area contributed by atoms with E-state index < -0.39 is 28.7 Å². The van der Waals surface area contributed by atoms with Crippen LogP contribution in [-0.4, -0.2) is 26.8 Å². The molecule has 4 rings (SSSR count). The van der Waals surface area contributed by atoms with E-state index in [1.807, 2.05) is 19.1 Å². The number of carbonyl (C=O) groups excluding carboxylic acids is 1. The average molecular weight is 408 g/mol. The maximum Gasteiger partial charge on any atom is 0.352 e. The molecule has 1 amide bonds. The van der Waals surface area contributed by atoms with Gasteiger partial charge in [0.2, 0.25) is 5.69 Å². The summed E-state index contributed by atoms with van der Waals surface area (Å²) < 4.78 is 16.1. The molecule has 0 radical (unpaired) electrons. The lowest BCUT2D eigenvalue weighted by atomic mass is 10.1. The van der Waals surface area contributed by atoms with Gasteiger partial charge in [-0.05, 0) is 48.9 Å².